The van der Waals surface area contributed by atoms with Crippen molar-refractivity contribution in [2.24, 2.45) is 0 Å². The molecule has 0 aliphatic carbocycles. The van der Waals surface area contributed by atoms with Gasteiger partial charge in [0.1, 0.15) is 0 Å². The number of rotatable bonds is 7. The van der Waals surface area contributed by atoms with Gasteiger partial charge in [-0.05, 0) is 30.5 Å². The molecule has 0 bridgehead atoms. The molecule has 2 nitrogen and oxygen atoms in total. The Kier molecular flexibility index (Phi) is 5.75. The van der Waals surface area contributed by atoms with E-state index in [1.807, 2.05) is 12.3 Å². The summed E-state index contributed by atoms with van der Waals surface area (Å²) in [5, 5.41) is 3.77. The second-order valence-electron chi connectivity index (χ2n) is 5.16. The second-order valence-corrected chi connectivity index (χ2v) is 5.16. The van der Waals surface area contributed by atoms with Crippen molar-refractivity contribution in [1.82, 2.24) is 10.3 Å². The summed E-state index contributed by atoms with van der Waals surface area (Å²) < 4.78 is 0. The van der Waals surface area contributed by atoms with E-state index in [0.717, 1.165) is 12.1 Å². The van der Waals surface area contributed by atoms with Gasteiger partial charge in [-0.15, -0.1) is 0 Å². The molecule has 2 atom stereocenters. The summed E-state index contributed by atoms with van der Waals surface area (Å²) in [5.41, 5.74) is 2.37. The van der Waals surface area contributed by atoms with Crippen molar-refractivity contribution >= 4 is 0 Å². The maximum atomic E-state index is 4.54. The predicted molar refractivity (Wildman–Crippen MR) is 84.6 cm³/mol. The first kappa shape index (κ1) is 14.7. The van der Waals surface area contributed by atoms with Gasteiger partial charge >= 0.3 is 0 Å². The van der Waals surface area contributed by atoms with Gasteiger partial charge in [-0.1, -0.05) is 56.7 Å². The average Bonchev–Trinajstić information content (AvgIpc) is 2.53. The van der Waals surface area contributed by atoms with Crippen LogP contribution in [0.2, 0.25) is 0 Å². The number of pyridine rings is 1. The third-order valence-electron chi connectivity index (χ3n) is 3.65. The van der Waals surface area contributed by atoms with E-state index in [1.165, 1.54) is 18.4 Å². The van der Waals surface area contributed by atoms with E-state index in [-0.39, 0.29) is 6.04 Å². The fourth-order valence-electron chi connectivity index (χ4n) is 2.53. The van der Waals surface area contributed by atoms with Crippen LogP contribution in [-0.2, 0) is 0 Å². The van der Waals surface area contributed by atoms with Gasteiger partial charge in [0.05, 0.1) is 11.7 Å². The monoisotopic (exact) mass is 268 g/mol. The number of hydrogen-bond donors (Lipinski definition) is 1. The summed E-state index contributed by atoms with van der Waals surface area (Å²) in [6.45, 7) is 4.48. The Morgan fingerprint density at radius 3 is 2.35 bits per heavy atom. The SMILES string of the molecule is CCCC(CC)NC(c1ccccc1)c1ccccn1. The molecular weight excluding hydrogens is 244 g/mol. The third kappa shape index (κ3) is 3.91. The molecule has 1 heterocycles. The fraction of sp³-hybridized carbons (Fsp3) is 0.389. The van der Waals surface area contributed by atoms with Gasteiger partial charge in [0.2, 0.25) is 0 Å². The molecule has 2 aromatic rings. The van der Waals surface area contributed by atoms with Gasteiger partial charge in [-0.25, -0.2) is 0 Å². The zero-order chi connectivity index (χ0) is 14.2. The third-order valence-corrected chi connectivity index (χ3v) is 3.65. The Balaban J connectivity index is 2.25. The smallest absolute Gasteiger partial charge is 0.0753 e. The highest BCUT2D eigenvalue weighted by Gasteiger charge is 2.18. The molecule has 20 heavy (non-hydrogen) atoms. The van der Waals surface area contributed by atoms with Crippen molar-refractivity contribution in [1.29, 1.82) is 0 Å². The zero-order valence-corrected chi connectivity index (χ0v) is 12.4. The lowest BCUT2D eigenvalue weighted by Crippen LogP contribution is -2.33. The highest BCUT2D eigenvalue weighted by atomic mass is 15.0. The average molecular weight is 268 g/mol. The highest BCUT2D eigenvalue weighted by molar-refractivity contribution is 5.27. The summed E-state index contributed by atoms with van der Waals surface area (Å²) in [4.78, 5) is 4.54. The van der Waals surface area contributed by atoms with E-state index in [0.29, 0.717) is 6.04 Å². The molecule has 106 valence electrons. The molecule has 0 amide bonds. The summed E-state index contributed by atoms with van der Waals surface area (Å²) in [6.07, 6.45) is 5.42. The van der Waals surface area contributed by atoms with Gasteiger partial charge in [-0.2, -0.15) is 0 Å². The number of nitrogens with one attached hydrogen (secondary N) is 1. The zero-order valence-electron chi connectivity index (χ0n) is 12.4. The second kappa shape index (κ2) is 7.81. The van der Waals surface area contributed by atoms with E-state index in [4.69, 9.17) is 0 Å². The highest BCUT2D eigenvalue weighted by Crippen LogP contribution is 2.22. The van der Waals surface area contributed by atoms with Crippen LogP contribution >= 0.6 is 0 Å². The molecule has 0 aliphatic rings. The van der Waals surface area contributed by atoms with Gasteiger partial charge in [0.15, 0.2) is 0 Å². The first-order chi connectivity index (χ1) is 9.85. The van der Waals surface area contributed by atoms with Crippen LogP contribution in [0, 0.1) is 0 Å². The number of hydrogen-bond acceptors (Lipinski definition) is 2. The molecule has 0 saturated heterocycles. The summed E-state index contributed by atoms with van der Waals surface area (Å²) in [6, 6.07) is 17.4. The van der Waals surface area contributed by atoms with E-state index < -0.39 is 0 Å². The van der Waals surface area contributed by atoms with Gasteiger partial charge in [0.25, 0.3) is 0 Å². The van der Waals surface area contributed by atoms with E-state index in [1.54, 1.807) is 0 Å². The molecule has 2 unspecified atom stereocenters. The minimum absolute atomic E-state index is 0.175. The molecule has 0 aliphatic heterocycles. The van der Waals surface area contributed by atoms with Crippen LogP contribution in [0.15, 0.2) is 54.7 Å². The number of aromatic nitrogens is 1. The van der Waals surface area contributed by atoms with Gasteiger partial charge in [0, 0.05) is 12.2 Å². The van der Waals surface area contributed by atoms with Crippen molar-refractivity contribution in [2.75, 3.05) is 0 Å². The molecule has 0 radical (unpaired) electrons. The molecule has 2 rings (SSSR count). The minimum atomic E-state index is 0.175. The van der Waals surface area contributed by atoms with Gasteiger partial charge < -0.3 is 5.32 Å². The van der Waals surface area contributed by atoms with Crippen molar-refractivity contribution in [2.45, 2.75) is 45.2 Å². The first-order valence-corrected chi connectivity index (χ1v) is 7.57. The quantitative estimate of drug-likeness (QED) is 0.808. The summed E-state index contributed by atoms with van der Waals surface area (Å²) in [7, 11) is 0. The topological polar surface area (TPSA) is 24.9 Å². The molecule has 2 heteroatoms. The normalized spacial score (nSPS) is 13.9. The lowest BCUT2D eigenvalue weighted by Gasteiger charge is -2.25. The molecule has 1 aromatic carbocycles. The first-order valence-electron chi connectivity index (χ1n) is 7.57. The summed E-state index contributed by atoms with van der Waals surface area (Å²) >= 11 is 0. The molecule has 1 aromatic heterocycles. The van der Waals surface area contributed by atoms with Crippen LogP contribution in [0.5, 0.6) is 0 Å². The van der Waals surface area contributed by atoms with E-state index in [2.05, 4.69) is 66.6 Å². The van der Waals surface area contributed by atoms with Crippen LogP contribution in [0.1, 0.15) is 50.4 Å². The Morgan fingerprint density at radius 2 is 1.75 bits per heavy atom. The molecule has 0 fully saturated rings. The maximum Gasteiger partial charge on any atom is 0.0753 e. The van der Waals surface area contributed by atoms with Gasteiger partial charge in [-0.3, -0.25) is 4.98 Å². The molecule has 0 saturated carbocycles. The van der Waals surface area contributed by atoms with Crippen molar-refractivity contribution < 1.29 is 0 Å². The van der Waals surface area contributed by atoms with Crippen LogP contribution < -0.4 is 5.32 Å². The van der Waals surface area contributed by atoms with Crippen LogP contribution in [0.3, 0.4) is 0 Å². The Labute approximate surface area is 122 Å². The van der Waals surface area contributed by atoms with Crippen LogP contribution in [0.25, 0.3) is 0 Å². The summed E-state index contributed by atoms with van der Waals surface area (Å²) in [5.74, 6) is 0. The Hall–Kier alpha value is -1.67. The van der Waals surface area contributed by atoms with Crippen molar-refractivity contribution in [3.8, 4) is 0 Å². The fourth-order valence-corrected chi connectivity index (χ4v) is 2.53. The minimum Gasteiger partial charge on any atom is -0.302 e. The van der Waals surface area contributed by atoms with Crippen LogP contribution in [0.4, 0.5) is 0 Å². The lowest BCUT2D eigenvalue weighted by molar-refractivity contribution is 0.426. The number of benzene rings is 1. The Bertz CT molecular complexity index is 442. The van der Waals surface area contributed by atoms with Crippen LogP contribution in [-0.4, -0.2) is 11.0 Å². The van der Waals surface area contributed by atoms with E-state index in [9.17, 15) is 0 Å². The predicted octanol–water partition coefficient (Wildman–Crippen LogP) is 4.34. The maximum absolute atomic E-state index is 4.54. The van der Waals surface area contributed by atoms with E-state index >= 15 is 0 Å². The number of nitrogens with zero attached hydrogens (tertiary/aromatic N) is 1. The van der Waals surface area contributed by atoms with Crippen molar-refractivity contribution in [3.05, 3.63) is 66.0 Å². The molecular formula is C18H24N2. The van der Waals surface area contributed by atoms with Crippen molar-refractivity contribution in [3.63, 3.8) is 0 Å². The largest absolute Gasteiger partial charge is 0.302 e. The standard InChI is InChI=1S/C18H24N2/c1-3-10-16(4-2)20-18(15-11-6-5-7-12-15)17-13-8-9-14-19-17/h5-9,11-14,16,18,20H,3-4,10H2,1-2H3. The molecule has 0 spiro atoms. The lowest BCUT2D eigenvalue weighted by atomic mass is 10.00. The Morgan fingerprint density at radius 1 is 1.00 bits per heavy atom. The molecule has 1 N–H and O–H groups in total.